The Bertz CT molecular complexity index is 1270. The summed E-state index contributed by atoms with van der Waals surface area (Å²) in [6.45, 7) is 10.6. The van der Waals surface area contributed by atoms with Crippen LogP contribution in [0.2, 0.25) is 0 Å². The number of nitriles is 1. The van der Waals surface area contributed by atoms with Crippen molar-refractivity contribution in [3.8, 4) is 6.07 Å². The fourth-order valence-electron chi connectivity index (χ4n) is 6.18. The van der Waals surface area contributed by atoms with Crippen LogP contribution in [0.25, 0.3) is 10.9 Å². The molecule has 2 aromatic heterocycles. The Kier molecular flexibility index (Phi) is 6.11. The molecule has 2 atom stereocenters. The quantitative estimate of drug-likeness (QED) is 0.635. The van der Waals surface area contributed by atoms with E-state index in [4.69, 9.17) is 4.98 Å². The summed E-state index contributed by atoms with van der Waals surface area (Å²) in [5, 5.41) is 14.0. The average Bonchev–Trinajstić information content (AvgIpc) is 3.10. The molecule has 2 saturated heterocycles. The molecule has 2 fully saturated rings. The molecule has 1 aromatic carbocycles. The highest BCUT2D eigenvalue weighted by Crippen LogP contribution is 2.32. The van der Waals surface area contributed by atoms with Gasteiger partial charge in [0.1, 0.15) is 6.07 Å². The number of hydrogen-bond acceptors (Lipinski definition) is 7. The molecule has 0 radical (unpaired) electrons. The summed E-state index contributed by atoms with van der Waals surface area (Å²) in [5.41, 5.74) is 6.68. The molecule has 7 nitrogen and oxygen atoms in total. The van der Waals surface area contributed by atoms with Crippen LogP contribution in [0.5, 0.6) is 0 Å². The zero-order valence-electron chi connectivity index (χ0n) is 20.5. The van der Waals surface area contributed by atoms with Crippen molar-refractivity contribution in [3.05, 3.63) is 65.1 Å². The van der Waals surface area contributed by atoms with E-state index < -0.39 is 0 Å². The second-order valence-corrected chi connectivity index (χ2v) is 10.2. The number of piperazine rings is 1. The fraction of sp³-hybridized carbons (Fsp3) is 0.464. The van der Waals surface area contributed by atoms with E-state index in [1.807, 2.05) is 12.1 Å². The van der Waals surface area contributed by atoms with Gasteiger partial charge in [-0.15, -0.1) is 0 Å². The minimum atomic E-state index is 0.477. The lowest BCUT2D eigenvalue weighted by Crippen LogP contribution is -2.58. The van der Waals surface area contributed by atoms with Gasteiger partial charge < -0.3 is 10.2 Å². The number of nitrogens with zero attached hydrogens (tertiary/aromatic N) is 6. The van der Waals surface area contributed by atoms with Crippen molar-refractivity contribution in [2.75, 3.05) is 44.2 Å². The zero-order chi connectivity index (χ0) is 23.8. The third-order valence-electron chi connectivity index (χ3n) is 8.02. The third-order valence-corrected chi connectivity index (χ3v) is 8.02. The summed E-state index contributed by atoms with van der Waals surface area (Å²) in [7, 11) is 0. The van der Waals surface area contributed by atoms with Gasteiger partial charge in [0.2, 0.25) is 0 Å². The van der Waals surface area contributed by atoms with E-state index in [1.54, 1.807) is 6.20 Å². The van der Waals surface area contributed by atoms with Gasteiger partial charge in [-0.3, -0.25) is 19.8 Å². The second-order valence-electron chi connectivity index (χ2n) is 10.2. The lowest BCUT2D eigenvalue weighted by atomic mass is 10.0. The van der Waals surface area contributed by atoms with E-state index in [9.17, 15) is 5.26 Å². The van der Waals surface area contributed by atoms with Crippen LogP contribution in [0.15, 0.2) is 42.7 Å². The normalized spacial score (nSPS) is 23.4. The number of benzene rings is 1. The Hall–Kier alpha value is -3.05. The lowest BCUT2D eigenvalue weighted by Gasteiger charge is -2.46. The molecule has 0 amide bonds. The molecule has 3 aliphatic rings. The second kappa shape index (κ2) is 9.54. The van der Waals surface area contributed by atoms with E-state index in [0.29, 0.717) is 17.6 Å². The van der Waals surface area contributed by atoms with Gasteiger partial charge in [-0.1, -0.05) is 0 Å². The van der Waals surface area contributed by atoms with Crippen molar-refractivity contribution in [2.24, 2.45) is 0 Å². The first kappa shape index (κ1) is 22.4. The number of fused-ring (bicyclic) bond motifs is 3. The summed E-state index contributed by atoms with van der Waals surface area (Å²) >= 11 is 0. The van der Waals surface area contributed by atoms with Crippen molar-refractivity contribution >= 4 is 16.6 Å². The number of anilines is 1. The van der Waals surface area contributed by atoms with Gasteiger partial charge in [-0.05, 0) is 67.8 Å². The molecular formula is C28H33N7. The van der Waals surface area contributed by atoms with Gasteiger partial charge in [0.15, 0.2) is 0 Å². The van der Waals surface area contributed by atoms with Gasteiger partial charge in [-0.25, -0.2) is 0 Å². The molecule has 7 heteroatoms. The van der Waals surface area contributed by atoms with Crippen molar-refractivity contribution in [1.82, 2.24) is 25.1 Å². The highest BCUT2D eigenvalue weighted by Gasteiger charge is 2.34. The monoisotopic (exact) mass is 467 g/mol. The Balaban J connectivity index is 1.18. The summed E-state index contributed by atoms with van der Waals surface area (Å²) < 4.78 is 0. The number of nitrogens with one attached hydrogen (secondary N) is 1. The predicted molar refractivity (Wildman–Crippen MR) is 138 cm³/mol. The van der Waals surface area contributed by atoms with Crippen LogP contribution in [-0.4, -0.2) is 71.1 Å². The van der Waals surface area contributed by atoms with Crippen LogP contribution in [0, 0.1) is 11.3 Å². The van der Waals surface area contributed by atoms with E-state index in [0.717, 1.165) is 76.1 Å². The van der Waals surface area contributed by atoms with Crippen molar-refractivity contribution < 1.29 is 0 Å². The molecule has 2 unspecified atom stereocenters. The highest BCUT2D eigenvalue weighted by molar-refractivity contribution is 5.95. The van der Waals surface area contributed by atoms with E-state index >= 15 is 0 Å². The van der Waals surface area contributed by atoms with Crippen molar-refractivity contribution in [3.63, 3.8) is 0 Å². The van der Waals surface area contributed by atoms with Crippen LogP contribution in [0.4, 0.5) is 5.69 Å². The highest BCUT2D eigenvalue weighted by atomic mass is 15.3. The van der Waals surface area contributed by atoms with Crippen LogP contribution >= 0.6 is 0 Å². The molecule has 35 heavy (non-hydrogen) atoms. The fourth-order valence-corrected chi connectivity index (χ4v) is 6.18. The number of hydrogen-bond donors (Lipinski definition) is 1. The largest absolute Gasteiger partial charge is 0.368 e. The maximum Gasteiger partial charge on any atom is 0.101 e. The van der Waals surface area contributed by atoms with Gasteiger partial charge in [-0.2, -0.15) is 5.26 Å². The summed E-state index contributed by atoms with van der Waals surface area (Å²) in [6.07, 6.45) is 6.12. The van der Waals surface area contributed by atoms with Gasteiger partial charge in [0.25, 0.3) is 0 Å². The number of rotatable bonds is 3. The van der Waals surface area contributed by atoms with E-state index in [2.05, 4.69) is 62.4 Å². The molecule has 0 bridgehead atoms. The molecule has 0 saturated carbocycles. The summed E-state index contributed by atoms with van der Waals surface area (Å²) in [5.74, 6) is 0. The molecule has 6 rings (SSSR count). The Morgan fingerprint density at radius 1 is 1.11 bits per heavy atom. The van der Waals surface area contributed by atoms with Crippen LogP contribution < -0.4 is 10.2 Å². The topological polar surface area (TPSA) is 71.3 Å². The lowest BCUT2D eigenvalue weighted by molar-refractivity contribution is 0.127. The van der Waals surface area contributed by atoms with Crippen LogP contribution in [-0.2, 0) is 19.5 Å². The Labute approximate surface area is 207 Å². The first-order valence-electron chi connectivity index (χ1n) is 12.9. The molecule has 180 valence electrons. The minimum absolute atomic E-state index is 0.477. The molecule has 3 aliphatic heterocycles. The van der Waals surface area contributed by atoms with Gasteiger partial charge in [0.05, 0.1) is 16.8 Å². The summed E-state index contributed by atoms with van der Waals surface area (Å²) in [4.78, 5) is 17.1. The molecular weight excluding hydrogens is 434 g/mol. The molecule has 0 spiro atoms. The molecule has 0 aliphatic carbocycles. The Morgan fingerprint density at radius 3 is 2.97 bits per heavy atom. The molecule has 1 N–H and O–H groups in total. The minimum Gasteiger partial charge on any atom is -0.368 e. The first-order valence-corrected chi connectivity index (χ1v) is 12.9. The van der Waals surface area contributed by atoms with Gasteiger partial charge in [0, 0.05) is 81.4 Å². The number of aromatic nitrogens is 2. The first-order chi connectivity index (χ1) is 17.2. The zero-order valence-corrected chi connectivity index (χ0v) is 20.5. The third kappa shape index (κ3) is 4.38. The average molecular weight is 468 g/mol. The standard InChI is InChI=1S/C28H33N7/c1-20-17-34(27-5-4-22(14-29)28-26(27)3-2-8-31-28)19-25-7-10-33(11-12-35(20)25)18-24-13-21-6-9-30-15-23(21)16-32-24/h2-5,8,13,16,20,25,30H,6-7,9-12,15,17-19H2,1H3. The number of pyridine rings is 2. The van der Waals surface area contributed by atoms with Crippen LogP contribution in [0.1, 0.15) is 35.7 Å². The summed E-state index contributed by atoms with van der Waals surface area (Å²) in [6, 6.07) is 13.8. The van der Waals surface area contributed by atoms with Crippen LogP contribution in [0.3, 0.4) is 0 Å². The maximum absolute atomic E-state index is 9.53. The molecule has 5 heterocycles. The Morgan fingerprint density at radius 2 is 2.06 bits per heavy atom. The van der Waals surface area contributed by atoms with E-state index in [1.165, 1.54) is 22.5 Å². The maximum atomic E-state index is 9.53. The van der Waals surface area contributed by atoms with Crippen molar-refractivity contribution in [1.29, 1.82) is 5.26 Å². The molecule has 3 aromatic rings. The van der Waals surface area contributed by atoms with Crippen molar-refractivity contribution in [2.45, 2.75) is 44.9 Å². The van der Waals surface area contributed by atoms with E-state index in [-0.39, 0.29) is 0 Å². The smallest absolute Gasteiger partial charge is 0.101 e. The SMILES string of the molecule is CC1CN(c2ccc(C#N)c3ncccc23)CC2CCN(Cc3cc4c(cn3)CNCC4)CCN12. The predicted octanol–water partition coefficient (Wildman–Crippen LogP) is 2.93. The van der Waals surface area contributed by atoms with Gasteiger partial charge >= 0.3 is 0 Å².